The van der Waals surface area contributed by atoms with Crippen molar-refractivity contribution in [2.45, 2.75) is 19.3 Å². The Balaban J connectivity index is 2.04. The first-order valence-corrected chi connectivity index (χ1v) is 6.47. The third-order valence-corrected chi connectivity index (χ3v) is 3.11. The quantitative estimate of drug-likeness (QED) is 0.885. The Kier molecular flexibility index (Phi) is 4.39. The standard InChI is InChI=1S/C14H18N2O3/c15-13(17)10-19-12-6-4-5-11(9-12)14(18)16-7-2-1-3-8-16/h4-6,9H,1-3,7-8,10H2,(H2,15,17). The number of piperidine rings is 1. The first-order chi connectivity index (χ1) is 9.16. The molecule has 1 fully saturated rings. The van der Waals surface area contributed by atoms with Gasteiger partial charge >= 0.3 is 0 Å². The third-order valence-electron chi connectivity index (χ3n) is 3.11. The van der Waals surface area contributed by atoms with Gasteiger partial charge in [0.2, 0.25) is 0 Å². The zero-order valence-electron chi connectivity index (χ0n) is 10.8. The number of rotatable bonds is 4. The molecule has 2 N–H and O–H groups in total. The minimum absolute atomic E-state index is 0.0178. The predicted octanol–water partition coefficient (Wildman–Crippen LogP) is 1.18. The van der Waals surface area contributed by atoms with Gasteiger partial charge in [0.05, 0.1) is 0 Å². The molecule has 0 aromatic heterocycles. The van der Waals surface area contributed by atoms with Crippen molar-refractivity contribution in [2.24, 2.45) is 5.73 Å². The summed E-state index contributed by atoms with van der Waals surface area (Å²) in [5, 5.41) is 0. The molecule has 102 valence electrons. The van der Waals surface area contributed by atoms with E-state index in [9.17, 15) is 9.59 Å². The number of ether oxygens (including phenoxy) is 1. The molecule has 0 aliphatic carbocycles. The molecule has 1 aliphatic rings. The highest BCUT2D eigenvalue weighted by Gasteiger charge is 2.18. The van der Waals surface area contributed by atoms with E-state index in [1.54, 1.807) is 24.3 Å². The summed E-state index contributed by atoms with van der Waals surface area (Å²) >= 11 is 0. The minimum Gasteiger partial charge on any atom is -0.484 e. The van der Waals surface area contributed by atoms with Crippen LogP contribution < -0.4 is 10.5 Å². The third kappa shape index (κ3) is 3.71. The molecule has 1 aliphatic heterocycles. The molecule has 0 unspecified atom stereocenters. The first-order valence-electron chi connectivity index (χ1n) is 6.47. The van der Waals surface area contributed by atoms with Gasteiger partial charge in [0.25, 0.3) is 11.8 Å². The lowest BCUT2D eigenvalue weighted by molar-refractivity contribution is -0.119. The average molecular weight is 262 g/mol. The molecule has 19 heavy (non-hydrogen) atoms. The second kappa shape index (κ2) is 6.22. The summed E-state index contributed by atoms with van der Waals surface area (Å²) < 4.78 is 5.20. The molecule has 0 saturated carbocycles. The topological polar surface area (TPSA) is 72.6 Å². The summed E-state index contributed by atoms with van der Waals surface area (Å²) in [5.41, 5.74) is 5.60. The highest BCUT2D eigenvalue weighted by Crippen LogP contribution is 2.17. The highest BCUT2D eigenvalue weighted by molar-refractivity contribution is 5.94. The SMILES string of the molecule is NC(=O)COc1cccc(C(=O)N2CCCCC2)c1. The second-order valence-corrected chi connectivity index (χ2v) is 4.64. The lowest BCUT2D eigenvalue weighted by Gasteiger charge is -2.26. The molecule has 1 heterocycles. The number of hydrogen-bond acceptors (Lipinski definition) is 3. The number of carbonyl (C=O) groups excluding carboxylic acids is 2. The van der Waals surface area contributed by atoms with Crippen LogP contribution in [0, 0.1) is 0 Å². The van der Waals surface area contributed by atoms with Crippen molar-refractivity contribution >= 4 is 11.8 Å². The summed E-state index contributed by atoms with van der Waals surface area (Å²) in [7, 11) is 0. The summed E-state index contributed by atoms with van der Waals surface area (Å²) in [5.74, 6) is -0.0290. The van der Waals surface area contributed by atoms with Crippen LogP contribution in [0.5, 0.6) is 5.75 Å². The molecule has 1 aromatic rings. The molecular formula is C14H18N2O3. The number of nitrogens with zero attached hydrogens (tertiary/aromatic N) is 1. The molecule has 0 atom stereocenters. The van der Waals surface area contributed by atoms with Crippen LogP contribution in [0.15, 0.2) is 24.3 Å². The Hall–Kier alpha value is -2.04. The number of likely N-dealkylation sites (tertiary alicyclic amines) is 1. The van der Waals surface area contributed by atoms with Crippen LogP contribution in [0.2, 0.25) is 0 Å². The average Bonchev–Trinajstić information content (AvgIpc) is 2.45. The second-order valence-electron chi connectivity index (χ2n) is 4.64. The van der Waals surface area contributed by atoms with Gasteiger partial charge in [-0.25, -0.2) is 0 Å². The molecule has 0 radical (unpaired) electrons. The lowest BCUT2D eigenvalue weighted by Crippen LogP contribution is -2.35. The van der Waals surface area contributed by atoms with E-state index < -0.39 is 5.91 Å². The summed E-state index contributed by atoms with van der Waals surface area (Å²) in [6, 6.07) is 6.86. The van der Waals surface area contributed by atoms with Gasteiger partial charge in [-0.15, -0.1) is 0 Å². The van der Waals surface area contributed by atoms with Crippen molar-refractivity contribution in [1.29, 1.82) is 0 Å². The monoisotopic (exact) mass is 262 g/mol. The van der Waals surface area contributed by atoms with E-state index in [-0.39, 0.29) is 12.5 Å². The first kappa shape index (κ1) is 13.4. The molecule has 0 bridgehead atoms. The number of nitrogens with two attached hydrogens (primary N) is 1. The summed E-state index contributed by atoms with van der Waals surface area (Å²) in [4.78, 5) is 24.8. The van der Waals surface area contributed by atoms with Crippen molar-refractivity contribution in [2.75, 3.05) is 19.7 Å². The van der Waals surface area contributed by atoms with Crippen molar-refractivity contribution < 1.29 is 14.3 Å². The molecular weight excluding hydrogens is 244 g/mol. The van der Waals surface area contributed by atoms with Gasteiger partial charge < -0.3 is 15.4 Å². The van der Waals surface area contributed by atoms with Crippen molar-refractivity contribution in [3.63, 3.8) is 0 Å². The number of benzene rings is 1. The number of hydrogen-bond donors (Lipinski definition) is 1. The van der Waals surface area contributed by atoms with Gasteiger partial charge in [-0.1, -0.05) is 6.07 Å². The molecule has 2 rings (SSSR count). The van der Waals surface area contributed by atoms with Crippen LogP contribution in [-0.2, 0) is 4.79 Å². The maximum absolute atomic E-state index is 12.3. The van der Waals surface area contributed by atoms with E-state index in [0.29, 0.717) is 11.3 Å². The summed E-state index contributed by atoms with van der Waals surface area (Å²) in [6.07, 6.45) is 3.30. The fourth-order valence-corrected chi connectivity index (χ4v) is 2.15. The van der Waals surface area contributed by atoms with Crippen molar-refractivity contribution in [3.8, 4) is 5.75 Å². The summed E-state index contributed by atoms with van der Waals surface area (Å²) in [6.45, 7) is 1.44. The Morgan fingerprint density at radius 2 is 1.95 bits per heavy atom. The Bertz CT molecular complexity index is 468. The van der Waals surface area contributed by atoms with E-state index in [0.717, 1.165) is 25.9 Å². The largest absolute Gasteiger partial charge is 0.484 e. The smallest absolute Gasteiger partial charge is 0.255 e. The van der Waals surface area contributed by atoms with Gasteiger partial charge in [-0.3, -0.25) is 9.59 Å². The zero-order chi connectivity index (χ0) is 13.7. The van der Waals surface area contributed by atoms with Crippen LogP contribution in [0.25, 0.3) is 0 Å². The number of primary amides is 1. The fourth-order valence-electron chi connectivity index (χ4n) is 2.15. The van der Waals surface area contributed by atoms with E-state index >= 15 is 0 Å². The normalized spacial score (nSPS) is 15.1. The van der Waals surface area contributed by atoms with Crippen LogP contribution in [0.4, 0.5) is 0 Å². The Morgan fingerprint density at radius 3 is 2.63 bits per heavy atom. The van der Waals surface area contributed by atoms with E-state index in [2.05, 4.69) is 0 Å². The van der Waals surface area contributed by atoms with Gasteiger partial charge in [-0.2, -0.15) is 0 Å². The van der Waals surface area contributed by atoms with Crippen LogP contribution in [0.1, 0.15) is 29.6 Å². The molecule has 5 nitrogen and oxygen atoms in total. The van der Waals surface area contributed by atoms with E-state index in [1.807, 2.05) is 4.90 Å². The maximum atomic E-state index is 12.3. The van der Waals surface area contributed by atoms with Crippen molar-refractivity contribution in [3.05, 3.63) is 29.8 Å². The predicted molar refractivity (Wildman–Crippen MR) is 70.9 cm³/mol. The molecule has 0 spiro atoms. The van der Waals surface area contributed by atoms with Crippen LogP contribution in [0.3, 0.4) is 0 Å². The highest BCUT2D eigenvalue weighted by atomic mass is 16.5. The zero-order valence-corrected chi connectivity index (χ0v) is 10.8. The van der Waals surface area contributed by atoms with Gasteiger partial charge in [0.1, 0.15) is 5.75 Å². The van der Waals surface area contributed by atoms with Crippen molar-refractivity contribution in [1.82, 2.24) is 4.90 Å². The molecule has 5 heteroatoms. The van der Waals surface area contributed by atoms with Gasteiger partial charge in [0, 0.05) is 18.7 Å². The Morgan fingerprint density at radius 1 is 1.21 bits per heavy atom. The fraction of sp³-hybridized carbons (Fsp3) is 0.429. The van der Waals surface area contributed by atoms with Crippen LogP contribution in [-0.4, -0.2) is 36.4 Å². The van der Waals surface area contributed by atoms with E-state index in [4.69, 9.17) is 10.5 Å². The van der Waals surface area contributed by atoms with Gasteiger partial charge in [0.15, 0.2) is 6.61 Å². The molecule has 1 aromatic carbocycles. The lowest BCUT2D eigenvalue weighted by atomic mass is 10.1. The number of amides is 2. The minimum atomic E-state index is -0.534. The Labute approximate surface area is 112 Å². The maximum Gasteiger partial charge on any atom is 0.255 e. The number of carbonyl (C=O) groups is 2. The van der Waals surface area contributed by atoms with E-state index in [1.165, 1.54) is 6.42 Å². The van der Waals surface area contributed by atoms with Gasteiger partial charge in [-0.05, 0) is 37.5 Å². The molecule has 1 saturated heterocycles. The van der Waals surface area contributed by atoms with Crippen LogP contribution >= 0.6 is 0 Å². The molecule has 2 amide bonds.